The zero-order chi connectivity index (χ0) is 12.3. The molecular formula is C12H21BrN4. The molecule has 0 aromatic carbocycles. The van der Waals surface area contributed by atoms with Gasteiger partial charge in [0.1, 0.15) is 0 Å². The molecule has 1 aliphatic rings. The molecule has 2 rings (SSSR count). The van der Waals surface area contributed by atoms with Gasteiger partial charge >= 0.3 is 0 Å². The maximum absolute atomic E-state index is 4.27. The highest BCUT2D eigenvalue weighted by Gasteiger charge is 2.20. The van der Waals surface area contributed by atoms with Crippen LogP contribution in [0, 0.1) is 5.92 Å². The molecule has 1 fully saturated rings. The zero-order valence-electron chi connectivity index (χ0n) is 10.6. The van der Waals surface area contributed by atoms with Crippen LogP contribution in [0.2, 0.25) is 0 Å². The predicted octanol–water partition coefficient (Wildman–Crippen LogP) is 1.61. The maximum atomic E-state index is 4.27. The van der Waals surface area contributed by atoms with Crippen molar-refractivity contribution in [3.63, 3.8) is 0 Å². The van der Waals surface area contributed by atoms with Crippen LogP contribution in [0.25, 0.3) is 0 Å². The second-order valence-corrected chi connectivity index (χ2v) is 5.72. The summed E-state index contributed by atoms with van der Waals surface area (Å²) in [7, 11) is 4.05. The molecule has 0 radical (unpaired) electrons. The second kappa shape index (κ2) is 5.98. The monoisotopic (exact) mass is 300 g/mol. The second-order valence-electron chi connectivity index (χ2n) is 4.86. The van der Waals surface area contributed by atoms with E-state index in [0.29, 0.717) is 0 Å². The summed E-state index contributed by atoms with van der Waals surface area (Å²) >= 11 is 3.57. The first-order valence-corrected chi connectivity index (χ1v) is 7.03. The van der Waals surface area contributed by atoms with E-state index >= 15 is 0 Å². The van der Waals surface area contributed by atoms with Gasteiger partial charge in [-0.15, -0.1) is 0 Å². The lowest BCUT2D eigenvalue weighted by Gasteiger charge is -2.32. The summed E-state index contributed by atoms with van der Waals surface area (Å²) in [6.07, 6.45) is 4.54. The third kappa shape index (κ3) is 3.30. The summed E-state index contributed by atoms with van der Waals surface area (Å²) in [6, 6.07) is 0. The summed E-state index contributed by atoms with van der Waals surface area (Å²) in [6.45, 7) is 4.52. The third-order valence-electron chi connectivity index (χ3n) is 3.48. The van der Waals surface area contributed by atoms with Gasteiger partial charge in [0.25, 0.3) is 0 Å². The first kappa shape index (κ1) is 13.1. The molecule has 0 bridgehead atoms. The van der Waals surface area contributed by atoms with Crippen molar-refractivity contribution in [2.45, 2.75) is 19.4 Å². The first-order chi connectivity index (χ1) is 8.20. The predicted molar refractivity (Wildman–Crippen MR) is 72.8 cm³/mol. The van der Waals surface area contributed by atoms with Crippen LogP contribution in [0.15, 0.2) is 10.7 Å². The van der Waals surface area contributed by atoms with E-state index in [9.17, 15) is 0 Å². The number of nitrogens with one attached hydrogen (secondary N) is 1. The number of rotatable bonds is 4. The topological polar surface area (TPSA) is 33.1 Å². The fourth-order valence-electron chi connectivity index (χ4n) is 2.58. The Morgan fingerprint density at radius 3 is 3.06 bits per heavy atom. The van der Waals surface area contributed by atoms with Crippen molar-refractivity contribution in [3.05, 3.63) is 16.4 Å². The molecule has 1 aromatic rings. The van der Waals surface area contributed by atoms with Crippen molar-refractivity contribution in [2.24, 2.45) is 13.0 Å². The number of hydrogen-bond donors (Lipinski definition) is 1. The summed E-state index contributed by atoms with van der Waals surface area (Å²) in [5, 5.41) is 7.55. The van der Waals surface area contributed by atoms with Gasteiger partial charge < -0.3 is 5.32 Å². The Morgan fingerprint density at radius 2 is 2.41 bits per heavy atom. The van der Waals surface area contributed by atoms with Crippen molar-refractivity contribution >= 4 is 15.9 Å². The van der Waals surface area contributed by atoms with Crippen LogP contribution >= 0.6 is 15.9 Å². The lowest BCUT2D eigenvalue weighted by atomic mass is 9.98. The van der Waals surface area contributed by atoms with Crippen LogP contribution in [-0.2, 0) is 13.6 Å². The van der Waals surface area contributed by atoms with E-state index in [1.165, 1.54) is 31.6 Å². The van der Waals surface area contributed by atoms with Gasteiger partial charge in [-0.25, -0.2) is 0 Å². The summed E-state index contributed by atoms with van der Waals surface area (Å²) < 4.78 is 3.09. The number of piperidine rings is 1. The maximum Gasteiger partial charge on any atom is 0.0663 e. The largest absolute Gasteiger partial charge is 0.319 e. The molecule has 0 spiro atoms. The number of likely N-dealkylation sites (tertiary alicyclic amines) is 1. The molecule has 2 heterocycles. The first-order valence-electron chi connectivity index (χ1n) is 6.24. The van der Waals surface area contributed by atoms with Crippen molar-refractivity contribution in [3.8, 4) is 0 Å². The lowest BCUT2D eigenvalue weighted by Crippen LogP contribution is -2.38. The fourth-order valence-corrected chi connectivity index (χ4v) is 3.05. The van der Waals surface area contributed by atoms with Gasteiger partial charge in [0.15, 0.2) is 0 Å². The SMILES string of the molecule is CNCC1CCCN(Cc2c(Br)cnn2C)C1. The minimum atomic E-state index is 0.792. The molecule has 0 saturated carbocycles. The van der Waals surface area contributed by atoms with E-state index < -0.39 is 0 Å². The standard InChI is InChI=1S/C12H21BrN4/c1-14-6-10-4-3-5-17(8-10)9-12-11(13)7-15-16(12)2/h7,10,14H,3-6,8-9H2,1-2H3. The quantitative estimate of drug-likeness (QED) is 0.917. The summed E-state index contributed by atoms with van der Waals surface area (Å²) in [5.74, 6) is 0.792. The average Bonchev–Trinajstić information content (AvgIpc) is 2.62. The third-order valence-corrected chi connectivity index (χ3v) is 4.14. The summed E-state index contributed by atoms with van der Waals surface area (Å²) in [5.41, 5.74) is 1.27. The van der Waals surface area contributed by atoms with Crippen molar-refractivity contribution in [1.82, 2.24) is 20.0 Å². The normalized spacial score (nSPS) is 21.9. The minimum Gasteiger partial charge on any atom is -0.319 e. The minimum absolute atomic E-state index is 0.792. The van der Waals surface area contributed by atoms with Crippen molar-refractivity contribution in [1.29, 1.82) is 0 Å². The van der Waals surface area contributed by atoms with Crippen molar-refractivity contribution < 1.29 is 0 Å². The molecular weight excluding hydrogens is 280 g/mol. The molecule has 0 amide bonds. The van der Waals surface area contributed by atoms with Crippen LogP contribution in [-0.4, -0.2) is 41.4 Å². The molecule has 1 saturated heterocycles. The van der Waals surface area contributed by atoms with Crippen LogP contribution in [0.3, 0.4) is 0 Å². The van der Waals surface area contributed by atoms with Crippen LogP contribution in [0.5, 0.6) is 0 Å². The van der Waals surface area contributed by atoms with Gasteiger partial charge in [0.2, 0.25) is 0 Å². The van der Waals surface area contributed by atoms with E-state index in [1.807, 2.05) is 25.0 Å². The number of hydrogen-bond acceptors (Lipinski definition) is 3. The smallest absolute Gasteiger partial charge is 0.0663 e. The lowest BCUT2D eigenvalue weighted by molar-refractivity contribution is 0.163. The number of nitrogens with zero attached hydrogens (tertiary/aromatic N) is 3. The van der Waals surface area contributed by atoms with Gasteiger partial charge in [0.05, 0.1) is 16.4 Å². The highest BCUT2D eigenvalue weighted by atomic mass is 79.9. The van der Waals surface area contributed by atoms with Gasteiger partial charge in [-0.2, -0.15) is 5.10 Å². The summed E-state index contributed by atoms with van der Waals surface area (Å²) in [4.78, 5) is 2.54. The Bertz CT molecular complexity index is 342. The van der Waals surface area contributed by atoms with E-state index in [2.05, 4.69) is 31.2 Å². The van der Waals surface area contributed by atoms with Crippen LogP contribution < -0.4 is 5.32 Å². The van der Waals surface area contributed by atoms with Gasteiger partial charge in [-0.05, 0) is 54.8 Å². The van der Waals surface area contributed by atoms with Crippen LogP contribution in [0.1, 0.15) is 18.5 Å². The molecule has 1 atom stereocenters. The Hall–Kier alpha value is -0.390. The molecule has 1 aromatic heterocycles. The number of aryl methyl sites for hydroxylation is 1. The Balaban J connectivity index is 1.94. The van der Waals surface area contributed by atoms with E-state index in [-0.39, 0.29) is 0 Å². The van der Waals surface area contributed by atoms with E-state index in [4.69, 9.17) is 0 Å². The average molecular weight is 301 g/mol. The van der Waals surface area contributed by atoms with E-state index in [1.54, 1.807) is 0 Å². The molecule has 1 unspecified atom stereocenters. The van der Waals surface area contributed by atoms with Gasteiger partial charge in [-0.3, -0.25) is 9.58 Å². The Kier molecular flexibility index (Phi) is 4.59. The molecule has 96 valence electrons. The highest BCUT2D eigenvalue weighted by Crippen LogP contribution is 2.21. The van der Waals surface area contributed by atoms with Gasteiger partial charge in [0, 0.05) is 20.1 Å². The Morgan fingerprint density at radius 1 is 1.59 bits per heavy atom. The molecule has 1 aliphatic heterocycles. The zero-order valence-corrected chi connectivity index (χ0v) is 12.2. The van der Waals surface area contributed by atoms with E-state index in [0.717, 1.165) is 23.5 Å². The fraction of sp³-hybridized carbons (Fsp3) is 0.750. The van der Waals surface area contributed by atoms with Crippen molar-refractivity contribution in [2.75, 3.05) is 26.7 Å². The number of halogens is 1. The van der Waals surface area contributed by atoms with Crippen LogP contribution in [0.4, 0.5) is 0 Å². The number of aromatic nitrogens is 2. The Labute approximate surface area is 111 Å². The van der Waals surface area contributed by atoms with Gasteiger partial charge in [-0.1, -0.05) is 0 Å². The molecule has 5 heteroatoms. The highest BCUT2D eigenvalue weighted by molar-refractivity contribution is 9.10. The molecule has 4 nitrogen and oxygen atoms in total. The molecule has 0 aliphatic carbocycles. The molecule has 1 N–H and O–H groups in total. The molecule has 17 heavy (non-hydrogen) atoms.